The number of para-hydroxylation sites is 2. The van der Waals surface area contributed by atoms with Crippen LogP contribution in [0.3, 0.4) is 0 Å². The van der Waals surface area contributed by atoms with E-state index in [1.807, 2.05) is 0 Å². The standard InChI is InChI=1S/C15H11ClN2O7/c16-11-9-10(5-6-12(11)17(20)21)25-15(19)7-8-24-14-4-2-1-3-13(14)18(22)23/h1-6,9H,7-8H2. The summed E-state index contributed by atoms with van der Waals surface area (Å²) in [5, 5.41) is 21.3. The van der Waals surface area contributed by atoms with Gasteiger partial charge in [-0.1, -0.05) is 23.7 Å². The van der Waals surface area contributed by atoms with Gasteiger partial charge in [0, 0.05) is 18.2 Å². The molecule has 0 saturated heterocycles. The molecule has 130 valence electrons. The average molecular weight is 367 g/mol. The first-order chi connectivity index (χ1) is 11.9. The van der Waals surface area contributed by atoms with Crippen LogP contribution in [0.1, 0.15) is 6.42 Å². The van der Waals surface area contributed by atoms with Crippen molar-refractivity contribution in [2.24, 2.45) is 0 Å². The van der Waals surface area contributed by atoms with E-state index in [9.17, 15) is 25.0 Å². The number of benzene rings is 2. The quantitative estimate of drug-likeness (QED) is 0.318. The molecule has 0 heterocycles. The second-order valence-corrected chi connectivity index (χ2v) is 5.07. The summed E-state index contributed by atoms with van der Waals surface area (Å²) in [5.41, 5.74) is -0.515. The van der Waals surface area contributed by atoms with Crippen molar-refractivity contribution < 1.29 is 24.1 Å². The van der Waals surface area contributed by atoms with Crippen molar-refractivity contribution in [1.29, 1.82) is 0 Å². The first-order valence-corrected chi connectivity index (χ1v) is 7.27. The SMILES string of the molecule is O=C(CCOc1ccccc1[N+](=O)[O-])Oc1ccc([N+](=O)[O-])c(Cl)c1. The molecule has 10 heteroatoms. The molecule has 0 aliphatic rings. The summed E-state index contributed by atoms with van der Waals surface area (Å²) in [7, 11) is 0. The topological polar surface area (TPSA) is 122 Å². The number of ether oxygens (including phenoxy) is 2. The number of hydrogen-bond acceptors (Lipinski definition) is 7. The molecule has 0 aliphatic carbocycles. The minimum Gasteiger partial charge on any atom is -0.486 e. The Morgan fingerprint density at radius 1 is 1.04 bits per heavy atom. The Hall–Kier alpha value is -3.20. The van der Waals surface area contributed by atoms with Gasteiger partial charge in [0.2, 0.25) is 0 Å². The van der Waals surface area contributed by atoms with E-state index in [4.69, 9.17) is 21.1 Å². The molecule has 2 aromatic rings. The predicted molar refractivity (Wildman–Crippen MR) is 86.9 cm³/mol. The number of nitrogens with zero attached hydrogens (tertiary/aromatic N) is 2. The summed E-state index contributed by atoms with van der Waals surface area (Å²) >= 11 is 5.72. The Morgan fingerprint density at radius 3 is 2.36 bits per heavy atom. The summed E-state index contributed by atoms with van der Waals surface area (Å²) < 4.78 is 10.2. The molecule has 9 nitrogen and oxygen atoms in total. The first kappa shape index (κ1) is 18.1. The van der Waals surface area contributed by atoms with Crippen molar-refractivity contribution in [3.63, 3.8) is 0 Å². The van der Waals surface area contributed by atoms with Gasteiger partial charge in [0.25, 0.3) is 5.69 Å². The van der Waals surface area contributed by atoms with Crippen LogP contribution < -0.4 is 9.47 Å². The molecule has 0 fully saturated rings. The molecule has 0 spiro atoms. The van der Waals surface area contributed by atoms with Gasteiger partial charge in [-0.05, 0) is 12.1 Å². The number of hydrogen-bond donors (Lipinski definition) is 0. The molecule has 0 aliphatic heterocycles. The maximum atomic E-state index is 11.7. The summed E-state index contributed by atoms with van der Waals surface area (Å²) in [4.78, 5) is 32.0. The second-order valence-electron chi connectivity index (χ2n) is 4.67. The minimum atomic E-state index is -0.677. The molecule has 0 bridgehead atoms. The molecule has 0 atom stereocenters. The van der Waals surface area contributed by atoms with E-state index in [1.165, 1.54) is 24.3 Å². The molecular weight excluding hydrogens is 356 g/mol. The molecular formula is C15H11ClN2O7. The smallest absolute Gasteiger partial charge is 0.314 e. The summed E-state index contributed by atoms with van der Waals surface area (Å²) in [6.07, 6.45) is -0.180. The highest BCUT2D eigenvalue weighted by Gasteiger charge is 2.16. The maximum Gasteiger partial charge on any atom is 0.314 e. The summed E-state index contributed by atoms with van der Waals surface area (Å²) in [6.45, 7) is -0.135. The van der Waals surface area contributed by atoms with Gasteiger partial charge in [0.1, 0.15) is 10.8 Å². The van der Waals surface area contributed by atoms with Crippen molar-refractivity contribution in [3.8, 4) is 11.5 Å². The normalized spacial score (nSPS) is 10.1. The molecule has 2 aromatic carbocycles. The van der Waals surface area contributed by atoms with Crippen LogP contribution in [0, 0.1) is 20.2 Å². The van der Waals surface area contributed by atoms with E-state index < -0.39 is 15.8 Å². The van der Waals surface area contributed by atoms with Crippen molar-refractivity contribution >= 4 is 28.9 Å². The van der Waals surface area contributed by atoms with Crippen LogP contribution in [0.2, 0.25) is 5.02 Å². The van der Waals surface area contributed by atoms with Gasteiger partial charge in [0.05, 0.1) is 22.9 Å². The molecule has 0 N–H and O–H groups in total. The number of halogens is 1. The lowest BCUT2D eigenvalue weighted by Crippen LogP contribution is -2.13. The van der Waals surface area contributed by atoms with E-state index in [-0.39, 0.29) is 40.9 Å². The highest BCUT2D eigenvalue weighted by atomic mass is 35.5. The van der Waals surface area contributed by atoms with Gasteiger partial charge in [-0.25, -0.2) is 0 Å². The van der Waals surface area contributed by atoms with E-state index in [1.54, 1.807) is 6.07 Å². The minimum absolute atomic E-state index is 0.0404. The lowest BCUT2D eigenvalue weighted by atomic mass is 10.3. The predicted octanol–water partition coefficient (Wildman–Crippen LogP) is 3.53. The van der Waals surface area contributed by atoms with Gasteiger partial charge >= 0.3 is 11.7 Å². The van der Waals surface area contributed by atoms with Crippen LogP contribution in [-0.4, -0.2) is 22.4 Å². The van der Waals surface area contributed by atoms with Crippen LogP contribution in [0.5, 0.6) is 11.5 Å². The fraction of sp³-hybridized carbons (Fsp3) is 0.133. The van der Waals surface area contributed by atoms with E-state index in [0.29, 0.717) is 0 Å². The second kappa shape index (κ2) is 8.06. The van der Waals surface area contributed by atoms with Crippen LogP contribution in [-0.2, 0) is 4.79 Å². The number of rotatable bonds is 7. The van der Waals surface area contributed by atoms with Gasteiger partial charge < -0.3 is 9.47 Å². The molecule has 0 aromatic heterocycles. The third kappa shape index (κ3) is 4.88. The fourth-order valence-electron chi connectivity index (χ4n) is 1.86. The zero-order valence-corrected chi connectivity index (χ0v) is 13.3. The average Bonchev–Trinajstić information content (AvgIpc) is 2.54. The Bertz CT molecular complexity index is 825. The number of carbonyl (C=O) groups is 1. The number of nitro benzene ring substituents is 2. The van der Waals surface area contributed by atoms with Gasteiger partial charge in [-0.3, -0.25) is 25.0 Å². The fourth-order valence-corrected chi connectivity index (χ4v) is 2.10. The summed E-state index contributed by atoms with van der Waals surface area (Å²) in [6, 6.07) is 9.28. The molecule has 0 amide bonds. The van der Waals surface area contributed by atoms with E-state index in [0.717, 1.165) is 12.1 Å². The Kier molecular flexibility index (Phi) is 5.85. The highest BCUT2D eigenvalue weighted by Crippen LogP contribution is 2.29. The van der Waals surface area contributed by atoms with Crippen LogP contribution in [0.4, 0.5) is 11.4 Å². The number of esters is 1. The van der Waals surface area contributed by atoms with Crippen molar-refractivity contribution in [2.75, 3.05) is 6.61 Å². The van der Waals surface area contributed by atoms with Gasteiger partial charge in [-0.15, -0.1) is 0 Å². The zero-order chi connectivity index (χ0) is 18.4. The van der Waals surface area contributed by atoms with E-state index >= 15 is 0 Å². The zero-order valence-electron chi connectivity index (χ0n) is 12.6. The molecule has 0 radical (unpaired) electrons. The lowest BCUT2D eigenvalue weighted by molar-refractivity contribution is -0.385. The Morgan fingerprint density at radius 2 is 1.72 bits per heavy atom. The lowest BCUT2D eigenvalue weighted by Gasteiger charge is -2.07. The largest absolute Gasteiger partial charge is 0.486 e. The monoisotopic (exact) mass is 366 g/mol. The number of carbonyl (C=O) groups excluding carboxylic acids is 1. The van der Waals surface area contributed by atoms with Crippen LogP contribution >= 0.6 is 11.6 Å². The van der Waals surface area contributed by atoms with Crippen molar-refractivity contribution in [2.45, 2.75) is 6.42 Å². The van der Waals surface area contributed by atoms with Gasteiger partial charge in [0.15, 0.2) is 5.75 Å². The summed E-state index contributed by atoms with van der Waals surface area (Å²) in [5.74, 6) is -0.589. The van der Waals surface area contributed by atoms with Crippen LogP contribution in [0.25, 0.3) is 0 Å². The third-order valence-corrected chi connectivity index (χ3v) is 3.28. The Balaban J connectivity index is 1.90. The molecule has 25 heavy (non-hydrogen) atoms. The van der Waals surface area contributed by atoms with Gasteiger partial charge in [-0.2, -0.15) is 0 Å². The third-order valence-electron chi connectivity index (χ3n) is 2.97. The van der Waals surface area contributed by atoms with Crippen molar-refractivity contribution in [1.82, 2.24) is 0 Å². The van der Waals surface area contributed by atoms with E-state index in [2.05, 4.69) is 0 Å². The molecule has 0 saturated carbocycles. The highest BCUT2D eigenvalue weighted by molar-refractivity contribution is 6.32. The number of nitro groups is 2. The first-order valence-electron chi connectivity index (χ1n) is 6.89. The van der Waals surface area contributed by atoms with Crippen LogP contribution in [0.15, 0.2) is 42.5 Å². The Labute approximate surface area is 146 Å². The molecule has 2 rings (SSSR count). The maximum absolute atomic E-state index is 11.7. The van der Waals surface area contributed by atoms with Crippen molar-refractivity contribution in [3.05, 3.63) is 67.7 Å². The molecule has 0 unspecified atom stereocenters.